The molecule has 2 atom stereocenters. The van der Waals surface area contributed by atoms with Gasteiger partial charge in [-0.2, -0.15) is 12.6 Å². The number of amides is 2. The Morgan fingerprint density at radius 1 is 1.12 bits per heavy atom. The van der Waals surface area contributed by atoms with Gasteiger partial charge in [-0.3, -0.25) is 14.5 Å². The SMILES string of the molecule is O=C1C2CCCC2C(=O)N1CC1(CS)CCC1. The number of carbonyl (C=O) groups is 2. The molecule has 0 aromatic rings. The molecule has 2 unspecified atom stereocenters. The van der Waals surface area contributed by atoms with E-state index in [0.717, 1.165) is 37.9 Å². The van der Waals surface area contributed by atoms with Gasteiger partial charge >= 0.3 is 0 Å². The lowest BCUT2D eigenvalue weighted by Gasteiger charge is -2.43. The van der Waals surface area contributed by atoms with Crippen LogP contribution in [0.15, 0.2) is 0 Å². The van der Waals surface area contributed by atoms with Crippen molar-refractivity contribution in [3.05, 3.63) is 0 Å². The van der Waals surface area contributed by atoms with E-state index in [2.05, 4.69) is 12.6 Å². The van der Waals surface area contributed by atoms with Crippen LogP contribution in [0.5, 0.6) is 0 Å². The number of fused-ring (bicyclic) bond motifs is 1. The highest BCUT2D eigenvalue weighted by Crippen LogP contribution is 2.46. The zero-order valence-electron chi connectivity index (χ0n) is 10.0. The molecular weight excluding hydrogens is 234 g/mol. The lowest BCUT2D eigenvalue weighted by molar-refractivity contribution is -0.143. The maximum Gasteiger partial charge on any atom is 0.233 e. The van der Waals surface area contributed by atoms with Crippen molar-refractivity contribution in [3.63, 3.8) is 0 Å². The van der Waals surface area contributed by atoms with Crippen molar-refractivity contribution in [3.8, 4) is 0 Å². The van der Waals surface area contributed by atoms with E-state index in [1.54, 1.807) is 4.90 Å². The molecule has 2 saturated carbocycles. The zero-order valence-corrected chi connectivity index (χ0v) is 10.9. The third-order valence-electron chi connectivity index (χ3n) is 4.93. The second-order valence-corrected chi connectivity index (χ2v) is 6.23. The average Bonchev–Trinajstić information content (AvgIpc) is 2.82. The van der Waals surface area contributed by atoms with E-state index < -0.39 is 0 Å². The van der Waals surface area contributed by atoms with E-state index >= 15 is 0 Å². The standard InChI is InChI=1S/C13H19NO2S/c15-11-9-3-1-4-10(9)12(16)14(11)7-13(8-17)5-2-6-13/h9-10,17H,1-8H2. The van der Waals surface area contributed by atoms with Crippen molar-refractivity contribution in [1.29, 1.82) is 0 Å². The van der Waals surface area contributed by atoms with Crippen molar-refractivity contribution in [2.24, 2.45) is 17.3 Å². The molecule has 3 nitrogen and oxygen atoms in total. The Hall–Kier alpha value is -0.510. The molecule has 2 amide bonds. The summed E-state index contributed by atoms with van der Waals surface area (Å²) in [4.78, 5) is 26.0. The number of thiol groups is 1. The largest absolute Gasteiger partial charge is 0.282 e. The molecule has 94 valence electrons. The van der Waals surface area contributed by atoms with Crippen molar-refractivity contribution >= 4 is 24.4 Å². The predicted molar refractivity (Wildman–Crippen MR) is 67.7 cm³/mol. The molecule has 0 radical (unpaired) electrons. The van der Waals surface area contributed by atoms with Gasteiger partial charge in [-0.25, -0.2) is 0 Å². The Bertz CT molecular complexity index is 337. The van der Waals surface area contributed by atoms with Crippen molar-refractivity contribution < 1.29 is 9.59 Å². The fraction of sp³-hybridized carbons (Fsp3) is 0.846. The van der Waals surface area contributed by atoms with Crippen molar-refractivity contribution in [2.45, 2.75) is 38.5 Å². The summed E-state index contributed by atoms with van der Waals surface area (Å²) >= 11 is 4.40. The van der Waals surface area contributed by atoms with Crippen LogP contribution in [0.4, 0.5) is 0 Å². The summed E-state index contributed by atoms with van der Waals surface area (Å²) in [6.07, 6.45) is 6.31. The summed E-state index contributed by atoms with van der Waals surface area (Å²) in [5, 5.41) is 0. The molecule has 3 fully saturated rings. The van der Waals surface area contributed by atoms with Crippen LogP contribution in [0.1, 0.15) is 38.5 Å². The van der Waals surface area contributed by atoms with Gasteiger partial charge in [0.25, 0.3) is 0 Å². The van der Waals surface area contributed by atoms with Gasteiger partial charge in [0, 0.05) is 6.54 Å². The molecule has 1 aliphatic heterocycles. The monoisotopic (exact) mass is 253 g/mol. The van der Waals surface area contributed by atoms with Crippen LogP contribution in [0.3, 0.4) is 0 Å². The van der Waals surface area contributed by atoms with Gasteiger partial charge in [-0.05, 0) is 36.9 Å². The predicted octanol–water partition coefficient (Wildman–Crippen LogP) is 1.87. The fourth-order valence-electron chi connectivity index (χ4n) is 3.59. The van der Waals surface area contributed by atoms with Gasteiger partial charge in [0.1, 0.15) is 0 Å². The minimum absolute atomic E-state index is 0.0135. The topological polar surface area (TPSA) is 37.4 Å². The first-order valence-corrected chi connectivity index (χ1v) is 7.26. The van der Waals surface area contributed by atoms with Crippen molar-refractivity contribution in [1.82, 2.24) is 4.90 Å². The lowest BCUT2D eigenvalue weighted by Crippen LogP contribution is -2.46. The van der Waals surface area contributed by atoms with Gasteiger partial charge in [0.2, 0.25) is 11.8 Å². The number of rotatable bonds is 3. The summed E-state index contributed by atoms with van der Waals surface area (Å²) in [7, 11) is 0. The number of nitrogens with zero attached hydrogens (tertiary/aromatic N) is 1. The van der Waals surface area contributed by atoms with E-state index in [9.17, 15) is 9.59 Å². The zero-order chi connectivity index (χ0) is 12.0. The van der Waals surface area contributed by atoms with Crippen LogP contribution in [0.2, 0.25) is 0 Å². The van der Waals surface area contributed by atoms with Gasteiger partial charge in [0.15, 0.2) is 0 Å². The highest BCUT2D eigenvalue weighted by Gasteiger charge is 2.52. The molecule has 0 aromatic carbocycles. The van der Waals surface area contributed by atoms with Crippen LogP contribution in [-0.4, -0.2) is 29.0 Å². The first kappa shape index (κ1) is 11.6. The second-order valence-electron chi connectivity index (χ2n) is 5.92. The molecular formula is C13H19NO2S. The summed E-state index contributed by atoms with van der Waals surface area (Å²) < 4.78 is 0. The first-order chi connectivity index (χ1) is 8.17. The van der Waals surface area contributed by atoms with E-state index in [4.69, 9.17) is 0 Å². The first-order valence-electron chi connectivity index (χ1n) is 6.63. The van der Waals surface area contributed by atoms with E-state index in [1.807, 2.05) is 0 Å². The summed E-state index contributed by atoms with van der Waals surface area (Å²) in [6, 6.07) is 0. The van der Waals surface area contributed by atoms with Gasteiger partial charge in [0.05, 0.1) is 11.8 Å². The van der Waals surface area contributed by atoms with E-state index in [-0.39, 0.29) is 29.1 Å². The van der Waals surface area contributed by atoms with E-state index in [1.165, 1.54) is 6.42 Å². The van der Waals surface area contributed by atoms with Gasteiger partial charge in [-0.1, -0.05) is 12.8 Å². The Morgan fingerprint density at radius 3 is 2.12 bits per heavy atom. The third-order valence-corrected chi connectivity index (χ3v) is 5.60. The van der Waals surface area contributed by atoms with Gasteiger partial charge in [-0.15, -0.1) is 0 Å². The Kier molecular flexibility index (Phi) is 2.73. The number of imide groups is 1. The molecule has 1 saturated heterocycles. The normalized spacial score (nSPS) is 35.0. The maximum atomic E-state index is 12.2. The Balaban J connectivity index is 1.76. The third kappa shape index (κ3) is 1.64. The molecule has 17 heavy (non-hydrogen) atoms. The molecule has 0 N–H and O–H groups in total. The van der Waals surface area contributed by atoms with E-state index in [0.29, 0.717) is 6.54 Å². The lowest BCUT2D eigenvalue weighted by atomic mass is 9.70. The van der Waals surface area contributed by atoms with Crippen LogP contribution < -0.4 is 0 Å². The minimum atomic E-state index is 0.0135. The summed E-state index contributed by atoms with van der Waals surface area (Å²) in [5.41, 5.74) is 0.132. The smallest absolute Gasteiger partial charge is 0.233 e. The molecule has 0 spiro atoms. The Labute approximate surface area is 107 Å². The number of carbonyl (C=O) groups excluding carboxylic acids is 2. The van der Waals surface area contributed by atoms with Crippen LogP contribution >= 0.6 is 12.6 Å². The molecule has 0 bridgehead atoms. The number of likely N-dealkylation sites (tertiary alicyclic amines) is 1. The number of hydrogen-bond acceptors (Lipinski definition) is 3. The maximum absolute atomic E-state index is 12.2. The van der Waals surface area contributed by atoms with Crippen LogP contribution in [0.25, 0.3) is 0 Å². The van der Waals surface area contributed by atoms with Crippen LogP contribution in [-0.2, 0) is 9.59 Å². The minimum Gasteiger partial charge on any atom is -0.282 e. The summed E-state index contributed by atoms with van der Waals surface area (Å²) in [5.74, 6) is 1.02. The second kappa shape index (κ2) is 4.01. The molecule has 4 heteroatoms. The summed E-state index contributed by atoms with van der Waals surface area (Å²) in [6.45, 7) is 0.626. The Morgan fingerprint density at radius 2 is 1.71 bits per heavy atom. The average molecular weight is 253 g/mol. The number of hydrogen-bond donors (Lipinski definition) is 1. The van der Waals surface area contributed by atoms with Gasteiger partial charge < -0.3 is 0 Å². The quantitative estimate of drug-likeness (QED) is 0.616. The molecule has 3 rings (SSSR count). The molecule has 2 aliphatic carbocycles. The highest BCUT2D eigenvalue weighted by molar-refractivity contribution is 7.80. The molecule has 1 heterocycles. The highest BCUT2D eigenvalue weighted by atomic mass is 32.1. The fourth-order valence-corrected chi connectivity index (χ4v) is 4.01. The van der Waals surface area contributed by atoms with Crippen LogP contribution in [0, 0.1) is 17.3 Å². The molecule has 0 aromatic heterocycles. The van der Waals surface area contributed by atoms with Crippen molar-refractivity contribution in [2.75, 3.05) is 12.3 Å². The molecule has 3 aliphatic rings.